The Bertz CT molecular complexity index is 714. The molecule has 3 nitrogen and oxygen atoms in total. The van der Waals surface area contributed by atoms with E-state index in [-0.39, 0.29) is 0 Å². The van der Waals surface area contributed by atoms with E-state index in [2.05, 4.69) is 50.7 Å². The molecule has 3 rings (SSSR count). The molecule has 0 atom stereocenters. The Kier molecular flexibility index (Phi) is 2.97. The monoisotopic (exact) mass is 321 g/mol. The normalized spacial score (nSPS) is 11.3. The molecule has 92 valence electrons. The van der Waals surface area contributed by atoms with Gasteiger partial charge in [-0.1, -0.05) is 18.2 Å². The van der Waals surface area contributed by atoms with Crippen LogP contribution < -0.4 is 5.73 Å². The standard InChI is InChI=1S/C13H12BrN3S/c1-17-10(6-15)12(14)13(16-17)9-7-18-11-5-3-2-4-8(9)11/h2-5,7H,6,15H2,1H3. The van der Waals surface area contributed by atoms with Gasteiger partial charge in [0, 0.05) is 34.6 Å². The maximum atomic E-state index is 5.74. The average Bonchev–Trinajstić information content (AvgIpc) is 2.91. The molecule has 0 fully saturated rings. The summed E-state index contributed by atoms with van der Waals surface area (Å²) in [6.45, 7) is 0.478. The van der Waals surface area contributed by atoms with Crippen molar-refractivity contribution >= 4 is 37.4 Å². The lowest BCUT2D eigenvalue weighted by molar-refractivity contribution is 0.713. The molecule has 0 spiro atoms. The topological polar surface area (TPSA) is 43.8 Å². The second kappa shape index (κ2) is 4.50. The molecule has 0 bridgehead atoms. The molecule has 3 aromatic rings. The van der Waals surface area contributed by atoms with Crippen LogP contribution in [0, 0.1) is 0 Å². The molecule has 2 heterocycles. The Morgan fingerprint density at radius 2 is 2.17 bits per heavy atom. The summed E-state index contributed by atoms with van der Waals surface area (Å²) in [5.41, 5.74) is 8.89. The van der Waals surface area contributed by atoms with Crippen LogP contribution in [-0.4, -0.2) is 9.78 Å². The van der Waals surface area contributed by atoms with Crippen LogP contribution in [-0.2, 0) is 13.6 Å². The summed E-state index contributed by atoms with van der Waals surface area (Å²) in [6, 6.07) is 8.37. The lowest BCUT2D eigenvalue weighted by Gasteiger charge is -1.96. The van der Waals surface area contributed by atoms with Crippen LogP contribution in [0.2, 0.25) is 0 Å². The minimum Gasteiger partial charge on any atom is -0.325 e. The molecule has 0 aliphatic rings. The number of nitrogens with two attached hydrogens (primary N) is 1. The Balaban J connectivity index is 2.27. The summed E-state index contributed by atoms with van der Waals surface area (Å²) in [5, 5.41) is 7.96. The van der Waals surface area contributed by atoms with Crippen LogP contribution in [0.4, 0.5) is 0 Å². The van der Waals surface area contributed by atoms with Gasteiger partial charge in [-0.25, -0.2) is 0 Å². The molecule has 1 aromatic carbocycles. The van der Waals surface area contributed by atoms with Gasteiger partial charge in [-0.3, -0.25) is 4.68 Å². The van der Waals surface area contributed by atoms with Gasteiger partial charge in [0.05, 0.1) is 10.2 Å². The highest BCUT2D eigenvalue weighted by Gasteiger charge is 2.17. The van der Waals surface area contributed by atoms with Gasteiger partial charge in [0.1, 0.15) is 5.69 Å². The number of thiophene rings is 1. The van der Waals surface area contributed by atoms with E-state index in [1.165, 1.54) is 10.1 Å². The third-order valence-electron chi connectivity index (χ3n) is 3.03. The van der Waals surface area contributed by atoms with Crippen molar-refractivity contribution in [1.29, 1.82) is 0 Å². The summed E-state index contributed by atoms with van der Waals surface area (Å²) in [5.74, 6) is 0. The van der Waals surface area contributed by atoms with Gasteiger partial charge in [0.15, 0.2) is 0 Å². The van der Waals surface area contributed by atoms with E-state index in [4.69, 9.17) is 5.73 Å². The first-order chi connectivity index (χ1) is 8.72. The summed E-state index contributed by atoms with van der Waals surface area (Å²) in [6.07, 6.45) is 0. The van der Waals surface area contributed by atoms with Gasteiger partial charge in [0.25, 0.3) is 0 Å². The lowest BCUT2D eigenvalue weighted by Crippen LogP contribution is -2.04. The van der Waals surface area contributed by atoms with E-state index in [1.54, 1.807) is 11.3 Å². The van der Waals surface area contributed by atoms with Crippen molar-refractivity contribution < 1.29 is 0 Å². The molecule has 5 heteroatoms. The number of aryl methyl sites for hydroxylation is 1. The Morgan fingerprint density at radius 1 is 1.39 bits per heavy atom. The van der Waals surface area contributed by atoms with E-state index in [9.17, 15) is 0 Å². The van der Waals surface area contributed by atoms with Crippen LogP contribution in [0.3, 0.4) is 0 Å². The van der Waals surface area contributed by atoms with Crippen LogP contribution in [0.25, 0.3) is 21.3 Å². The largest absolute Gasteiger partial charge is 0.325 e. The van der Waals surface area contributed by atoms with Crippen LogP contribution in [0.1, 0.15) is 5.69 Å². The number of hydrogen-bond donors (Lipinski definition) is 1. The van der Waals surface area contributed by atoms with Crippen molar-refractivity contribution in [3.05, 3.63) is 39.8 Å². The number of rotatable bonds is 2. The zero-order valence-corrected chi connectivity index (χ0v) is 12.3. The fraction of sp³-hybridized carbons (Fsp3) is 0.154. The van der Waals surface area contributed by atoms with Gasteiger partial charge in [-0.15, -0.1) is 11.3 Å². The van der Waals surface area contributed by atoms with Gasteiger partial charge < -0.3 is 5.73 Å². The minimum absolute atomic E-state index is 0.478. The fourth-order valence-corrected chi connectivity index (χ4v) is 3.74. The zero-order valence-electron chi connectivity index (χ0n) is 9.85. The van der Waals surface area contributed by atoms with E-state index in [1.807, 2.05) is 11.7 Å². The van der Waals surface area contributed by atoms with Gasteiger partial charge in [-0.05, 0) is 22.0 Å². The van der Waals surface area contributed by atoms with Gasteiger partial charge in [-0.2, -0.15) is 5.10 Å². The summed E-state index contributed by atoms with van der Waals surface area (Å²) in [7, 11) is 1.92. The highest BCUT2D eigenvalue weighted by molar-refractivity contribution is 9.10. The van der Waals surface area contributed by atoms with Gasteiger partial charge >= 0.3 is 0 Å². The predicted molar refractivity (Wildman–Crippen MR) is 79.6 cm³/mol. The van der Waals surface area contributed by atoms with E-state index >= 15 is 0 Å². The number of fused-ring (bicyclic) bond motifs is 1. The Morgan fingerprint density at radius 3 is 2.89 bits per heavy atom. The highest BCUT2D eigenvalue weighted by Crippen LogP contribution is 2.37. The molecule has 0 unspecified atom stereocenters. The third kappa shape index (κ3) is 1.70. The van der Waals surface area contributed by atoms with E-state index in [0.29, 0.717) is 6.54 Å². The molecule has 2 aromatic heterocycles. The average molecular weight is 322 g/mol. The van der Waals surface area contributed by atoms with Crippen LogP contribution in [0.5, 0.6) is 0 Å². The molecular formula is C13H12BrN3S. The Labute approximate surface area is 117 Å². The van der Waals surface area contributed by atoms with E-state index in [0.717, 1.165) is 21.4 Å². The number of benzene rings is 1. The SMILES string of the molecule is Cn1nc(-c2csc3ccccc23)c(Br)c1CN. The van der Waals surface area contributed by atoms with Gasteiger partial charge in [0.2, 0.25) is 0 Å². The molecule has 18 heavy (non-hydrogen) atoms. The first-order valence-corrected chi connectivity index (χ1v) is 7.27. The number of aromatic nitrogens is 2. The van der Waals surface area contributed by atoms with Crippen molar-refractivity contribution in [3.8, 4) is 11.3 Å². The first kappa shape index (κ1) is 11.9. The maximum Gasteiger partial charge on any atom is 0.108 e. The van der Waals surface area contributed by atoms with Crippen LogP contribution in [0.15, 0.2) is 34.1 Å². The second-order valence-corrected chi connectivity index (χ2v) is 5.79. The van der Waals surface area contributed by atoms with E-state index < -0.39 is 0 Å². The third-order valence-corrected chi connectivity index (χ3v) is 4.83. The zero-order chi connectivity index (χ0) is 12.7. The highest BCUT2D eigenvalue weighted by atomic mass is 79.9. The number of halogens is 1. The summed E-state index contributed by atoms with van der Waals surface area (Å²) >= 11 is 5.35. The molecule has 2 N–H and O–H groups in total. The lowest BCUT2D eigenvalue weighted by atomic mass is 10.1. The molecule has 0 aliphatic carbocycles. The maximum absolute atomic E-state index is 5.74. The molecule has 0 saturated carbocycles. The summed E-state index contributed by atoms with van der Waals surface area (Å²) in [4.78, 5) is 0. The molecule has 0 radical (unpaired) electrons. The number of hydrogen-bond acceptors (Lipinski definition) is 3. The quantitative estimate of drug-likeness (QED) is 0.784. The van der Waals surface area contributed by atoms with Crippen molar-refractivity contribution in [1.82, 2.24) is 9.78 Å². The van der Waals surface area contributed by atoms with Crippen molar-refractivity contribution in [2.45, 2.75) is 6.54 Å². The molecular weight excluding hydrogens is 310 g/mol. The molecule has 0 amide bonds. The van der Waals surface area contributed by atoms with Crippen LogP contribution >= 0.6 is 27.3 Å². The second-order valence-electron chi connectivity index (χ2n) is 4.08. The van der Waals surface area contributed by atoms with Crippen molar-refractivity contribution in [2.75, 3.05) is 0 Å². The fourth-order valence-electron chi connectivity index (χ4n) is 2.09. The molecule has 0 saturated heterocycles. The smallest absolute Gasteiger partial charge is 0.108 e. The predicted octanol–water partition coefficient (Wildman–Crippen LogP) is 3.52. The Hall–Kier alpha value is -1.17. The summed E-state index contributed by atoms with van der Waals surface area (Å²) < 4.78 is 4.11. The van der Waals surface area contributed by atoms with Crippen molar-refractivity contribution in [3.63, 3.8) is 0 Å². The number of nitrogens with zero attached hydrogens (tertiary/aromatic N) is 2. The molecule has 0 aliphatic heterocycles. The minimum atomic E-state index is 0.478. The van der Waals surface area contributed by atoms with Crippen molar-refractivity contribution in [2.24, 2.45) is 12.8 Å². The first-order valence-electron chi connectivity index (χ1n) is 5.60.